The van der Waals surface area contributed by atoms with Gasteiger partial charge in [-0.3, -0.25) is 14.6 Å². The number of amides is 1. The standard InChI is InChI=1S/C22H32N6O6S/c1-3-17(26-22-23-10-7-11-24-22)18-12-15(34-27-18)13-20(29)25-14-19(21(30)33-2)28-35(31,32)16-8-5-4-6-9-16/h4-6,8-9,15,17,19,28H,3,7,10-14H2,1-2H3,(H,25,29)(H2,23,24,26). The summed E-state index contributed by atoms with van der Waals surface area (Å²) in [6.45, 7) is 3.38. The molecule has 3 atom stereocenters. The number of ether oxygens (including phenoxy) is 1. The minimum Gasteiger partial charge on any atom is -0.468 e. The molecule has 2 aliphatic heterocycles. The van der Waals surface area contributed by atoms with Gasteiger partial charge >= 0.3 is 5.97 Å². The number of guanidine groups is 1. The van der Waals surface area contributed by atoms with E-state index in [4.69, 9.17) is 9.57 Å². The number of sulfonamides is 1. The number of aliphatic imine (C=N–C) groups is 1. The van der Waals surface area contributed by atoms with Gasteiger partial charge in [0.15, 0.2) is 5.96 Å². The number of benzene rings is 1. The first-order valence-electron chi connectivity index (χ1n) is 11.5. The van der Waals surface area contributed by atoms with Crippen LogP contribution in [0.2, 0.25) is 0 Å². The van der Waals surface area contributed by atoms with E-state index in [1.165, 1.54) is 12.1 Å². The van der Waals surface area contributed by atoms with Crippen LogP contribution in [0.1, 0.15) is 32.6 Å². The number of hydrogen-bond donors (Lipinski definition) is 4. The topological polar surface area (TPSA) is 160 Å². The van der Waals surface area contributed by atoms with Crippen molar-refractivity contribution in [3.63, 3.8) is 0 Å². The first-order chi connectivity index (χ1) is 16.8. The third kappa shape index (κ3) is 7.65. The van der Waals surface area contributed by atoms with Gasteiger partial charge in [0.1, 0.15) is 12.1 Å². The van der Waals surface area contributed by atoms with Crippen LogP contribution in [0.4, 0.5) is 0 Å². The zero-order valence-electron chi connectivity index (χ0n) is 19.8. The number of oxime groups is 1. The third-order valence-corrected chi connectivity index (χ3v) is 7.02. The number of nitrogens with zero attached hydrogens (tertiary/aromatic N) is 2. The van der Waals surface area contributed by atoms with E-state index < -0.39 is 34.0 Å². The number of hydrogen-bond acceptors (Lipinski definition) is 10. The lowest BCUT2D eigenvalue weighted by Crippen LogP contribution is -2.49. The van der Waals surface area contributed by atoms with Crippen LogP contribution < -0.4 is 20.7 Å². The molecule has 35 heavy (non-hydrogen) atoms. The second kappa shape index (κ2) is 12.5. The van der Waals surface area contributed by atoms with Crippen LogP contribution in [-0.4, -0.2) is 76.9 Å². The van der Waals surface area contributed by atoms with Crippen molar-refractivity contribution in [2.75, 3.05) is 26.7 Å². The van der Waals surface area contributed by atoms with Crippen molar-refractivity contribution >= 4 is 33.6 Å². The maximum absolute atomic E-state index is 12.6. The predicted octanol–water partition coefficient (Wildman–Crippen LogP) is -0.125. The van der Waals surface area contributed by atoms with Crippen LogP contribution in [0.15, 0.2) is 45.4 Å². The van der Waals surface area contributed by atoms with E-state index in [-0.39, 0.29) is 23.9 Å². The molecule has 0 radical (unpaired) electrons. The Bertz CT molecular complexity index is 1050. The van der Waals surface area contributed by atoms with Gasteiger partial charge in [-0.15, -0.1) is 0 Å². The second-order valence-corrected chi connectivity index (χ2v) is 9.86. The zero-order valence-corrected chi connectivity index (χ0v) is 20.6. The maximum Gasteiger partial charge on any atom is 0.325 e. The zero-order chi connectivity index (χ0) is 25.3. The molecule has 0 saturated carbocycles. The molecular weight excluding hydrogens is 476 g/mol. The van der Waals surface area contributed by atoms with Crippen LogP contribution in [-0.2, 0) is 29.2 Å². The Morgan fingerprint density at radius 1 is 1.29 bits per heavy atom. The Hall–Kier alpha value is -3.19. The van der Waals surface area contributed by atoms with E-state index in [9.17, 15) is 18.0 Å². The third-order valence-electron chi connectivity index (χ3n) is 5.53. The molecule has 3 rings (SSSR count). The van der Waals surface area contributed by atoms with Crippen molar-refractivity contribution < 1.29 is 27.6 Å². The molecule has 0 spiro atoms. The molecule has 1 aromatic carbocycles. The SMILES string of the molecule is CCC(NC1=NCCCN1)C1=NOC(CC(=O)NCC(NS(=O)(=O)c2ccccc2)C(=O)OC)C1. The van der Waals surface area contributed by atoms with Gasteiger partial charge in [0, 0.05) is 26.1 Å². The molecule has 2 aliphatic rings. The number of carbonyl (C=O) groups excluding carboxylic acids is 2. The lowest BCUT2D eigenvalue weighted by Gasteiger charge is -2.22. The van der Waals surface area contributed by atoms with Crippen molar-refractivity contribution in [2.45, 2.75) is 55.7 Å². The highest BCUT2D eigenvalue weighted by Gasteiger charge is 2.30. The minimum atomic E-state index is -3.98. The van der Waals surface area contributed by atoms with E-state index >= 15 is 0 Å². The fraction of sp³-hybridized carbons (Fsp3) is 0.545. The number of esters is 1. The monoisotopic (exact) mass is 508 g/mol. The van der Waals surface area contributed by atoms with Crippen LogP contribution in [0, 0.1) is 0 Å². The van der Waals surface area contributed by atoms with E-state index in [1.807, 2.05) is 6.92 Å². The lowest BCUT2D eigenvalue weighted by atomic mass is 10.0. The second-order valence-electron chi connectivity index (χ2n) is 8.15. The van der Waals surface area contributed by atoms with Gasteiger partial charge in [-0.05, 0) is 25.0 Å². The molecule has 4 N–H and O–H groups in total. The highest BCUT2D eigenvalue weighted by Crippen LogP contribution is 2.17. The van der Waals surface area contributed by atoms with Crippen molar-refractivity contribution in [1.82, 2.24) is 20.7 Å². The Balaban J connectivity index is 1.50. The van der Waals surface area contributed by atoms with Crippen LogP contribution in [0.5, 0.6) is 0 Å². The van der Waals surface area contributed by atoms with Gasteiger partial charge in [0.25, 0.3) is 0 Å². The highest BCUT2D eigenvalue weighted by atomic mass is 32.2. The van der Waals surface area contributed by atoms with E-state index in [0.29, 0.717) is 6.42 Å². The lowest BCUT2D eigenvalue weighted by molar-refractivity contribution is -0.142. The molecule has 12 nitrogen and oxygen atoms in total. The van der Waals surface area contributed by atoms with Gasteiger partial charge in [-0.2, -0.15) is 4.72 Å². The van der Waals surface area contributed by atoms with Crippen molar-refractivity contribution in [3.8, 4) is 0 Å². The van der Waals surface area contributed by atoms with Crippen LogP contribution >= 0.6 is 0 Å². The summed E-state index contributed by atoms with van der Waals surface area (Å²) in [5.74, 6) is -0.485. The van der Waals surface area contributed by atoms with Gasteiger partial charge in [0.2, 0.25) is 15.9 Å². The van der Waals surface area contributed by atoms with Gasteiger partial charge < -0.3 is 25.5 Å². The summed E-state index contributed by atoms with van der Waals surface area (Å²) in [5.41, 5.74) is 0.795. The number of methoxy groups -OCH3 is 1. The molecule has 1 aromatic rings. The van der Waals surface area contributed by atoms with Crippen molar-refractivity contribution in [3.05, 3.63) is 30.3 Å². The predicted molar refractivity (Wildman–Crippen MR) is 129 cm³/mol. The Morgan fingerprint density at radius 2 is 2.06 bits per heavy atom. The highest BCUT2D eigenvalue weighted by molar-refractivity contribution is 7.89. The summed E-state index contributed by atoms with van der Waals surface area (Å²) in [6, 6.07) is 6.26. The van der Waals surface area contributed by atoms with Gasteiger partial charge in [-0.1, -0.05) is 30.3 Å². The summed E-state index contributed by atoms with van der Waals surface area (Å²) in [5, 5.41) is 13.3. The first-order valence-corrected chi connectivity index (χ1v) is 13.0. The molecule has 192 valence electrons. The molecule has 0 aromatic heterocycles. The fourth-order valence-corrected chi connectivity index (χ4v) is 4.85. The summed E-state index contributed by atoms with van der Waals surface area (Å²) < 4.78 is 32.1. The number of nitrogens with one attached hydrogen (secondary N) is 4. The summed E-state index contributed by atoms with van der Waals surface area (Å²) in [4.78, 5) is 34.5. The number of rotatable bonds is 11. The van der Waals surface area contributed by atoms with E-state index in [2.05, 4.69) is 30.8 Å². The summed E-state index contributed by atoms with van der Waals surface area (Å²) in [7, 11) is -2.84. The molecule has 3 unspecified atom stereocenters. The normalized spacial score (nSPS) is 19.3. The molecule has 0 fully saturated rings. The molecule has 0 aliphatic carbocycles. The van der Waals surface area contributed by atoms with Gasteiger partial charge in [-0.25, -0.2) is 8.42 Å². The summed E-state index contributed by atoms with van der Waals surface area (Å²) >= 11 is 0. The van der Waals surface area contributed by atoms with Crippen molar-refractivity contribution in [1.29, 1.82) is 0 Å². The average molecular weight is 509 g/mol. The summed E-state index contributed by atoms with van der Waals surface area (Å²) in [6.07, 6.45) is 1.77. The molecule has 0 bridgehead atoms. The van der Waals surface area contributed by atoms with Gasteiger partial charge in [0.05, 0.1) is 30.2 Å². The molecule has 2 heterocycles. The Labute approximate surface area is 205 Å². The Kier molecular flexibility index (Phi) is 9.43. The molecule has 0 saturated heterocycles. The minimum absolute atomic E-state index is 0.00194. The average Bonchev–Trinajstić information content (AvgIpc) is 3.33. The number of carbonyl (C=O) groups is 2. The largest absolute Gasteiger partial charge is 0.468 e. The van der Waals surface area contributed by atoms with Crippen molar-refractivity contribution in [2.24, 2.45) is 10.1 Å². The Morgan fingerprint density at radius 3 is 2.71 bits per heavy atom. The van der Waals surface area contributed by atoms with E-state index in [0.717, 1.165) is 44.7 Å². The van der Waals surface area contributed by atoms with E-state index in [1.54, 1.807) is 18.2 Å². The molecule has 1 amide bonds. The quantitative estimate of drug-likeness (QED) is 0.301. The van der Waals surface area contributed by atoms with Crippen LogP contribution in [0.3, 0.4) is 0 Å². The van der Waals surface area contributed by atoms with Crippen LogP contribution in [0.25, 0.3) is 0 Å². The fourth-order valence-electron chi connectivity index (χ4n) is 3.65. The molecular formula is C22H32N6O6S. The maximum atomic E-state index is 12.6. The molecule has 13 heteroatoms. The first kappa shape index (κ1) is 26.4. The smallest absolute Gasteiger partial charge is 0.325 e.